The molecule has 152 valence electrons. The number of amides is 2. The molecule has 1 atom stereocenters. The van der Waals surface area contributed by atoms with Crippen molar-refractivity contribution in [1.82, 2.24) is 14.7 Å². The van der Waals surface area contributed by atoms with Crippen molar-refractivity contribution in [3.8, 4) is 11.8 Å². The summed E-state index contributed by atoms with van der Waals surface area (Å²) in [6, 6.07) is 7.69. The van der Waals surface area contributed by atoms with E-state index in [1.54, 1.807) is 16.7 Å². The highest BCUT2D eigenvalue weighted by molar-refractivity contribution is 5.79. The Hall–Kier alpha value is -2.66. The van der Waals surface area contributed by atoms with Gasteiger partial charge in [-0.3, -0.25) is 14.5 Å². The molecule has 1 heterocycles. The maximum atomic E-state index is 12.9. The standard InChI is InChI=1S/C20H27FN4O3/c1-3-24(13-16(2)12-22)19(26)14-23-8-10-25(11-9-23)20(27)15-28-18-6-4-17(21)5-7-18/h4-7,16H,3,8-11,13-15H2,1-2H3. The molecule has 8 heteroatoms. The molecule has 0 N–H and O–H groups in total. The van der Waals surface area contributed by atoms with Gasteiger partial charge in [0.25, 0.3) is 5.91 Å². The van der Waals surface area contributed by atoms with Crippen LogP contribution in [0.5, 0.6) is 5.75 Å². The molecule has 7 nitrogen and oxygen atoms in total. The summed E-state index contributed by atoms with van der Waals surface area (Å²) >= 11 is 0. The molecule has 28 heavy (non-hydrogen) atoms. The molecule has 0 aromatic heterocycles. The molecule has 0 radical (unpaired) electrons. The van der Waals surface area contributed by atoms with Crippen molar-refractivity contribution in [2.24, 2.45) is 5.92 Å². The molecule has 1 aliphatic heterocycles. The Balaban J connectivity index is 1.74. The predicted molar refractivity (Wildman–Crippen MR) is 102 cm³/mol. The van der Waals surface area contributed by atoms with E-state index in [9.17, 15) is 14.0 Å². The largest absolute Gasteiger partial charge is 0.484 e. The van der Waals surface area contributed by atoms with Crippen LogP contribution in [0.3, 0.4) is 0 Å². The average molecular weight is 390 g/mol. The van der Waals surface area contributed by atoms with Crippen molar-refractivity contribution >= 4 is 11.8 Å². The van der Waals surface area contributed by atoms with Gasteiger partial charge in [0.2, 0.25) is 5.91 Å². The van der Waals surface area contributed by atoms with Crippen LogP contribution in [0.2, 0.25) is 0 Å². The average Bonchev–Trinajstić information content (AvgIpc) is 2.71. The van der Waals surface area contributed by atoms with E-state index in [-0.39, 0.29) is 30.2 Å². The Morgan fingerprint density at radius 2 is 1.89 bits per heavy atom. The van der Waals surface area contributed by atoms with E-state index in [1.807, 2.05) is 11.8 Å². The lowest BCUT2D eigenvalue weighted by atomic mass is 10.2. The lowest BCUT2D eigenvalue weighted by Gasteiger charge is -2.35. The minimum absolute atomic E-state index is 0.00372. The quantitative estimate of drug-likeness (QED) is 0.670. The molecule has 2 amide bonds. The van der Waals surface area contributed by atoms with Gasteiger partial charge in [0.1, 0.15) is 11.6 Å². The summed E-state index contributed by atoms with van der Waals surface area (Å²) in [5.74, 6) is -0.227. The second-order valence-corrected chi connectivity index (χ2v) is 6.86. The van der Waals surface area contributed by atoms with Crippen LogP contribution in [-0.4, -0.2) is 78.9 Å². The molecule has 0 saturated carbocycles. The summed E-state index contributed by atoms with van der Waals surface area (Å²) in [6.07, 6.45) is 0. The maximum Gasteiger partial charge on any atom is 0.260 e. The number of carbonyl (C=O) groups is 2. The molecule has 1 saturated heterocycles. The van der Waals surface area contributed by atoms with Crippen LogP contribution in [0.15, 0.2) is 24.3 Å². The van der Waals surface area contributed by atoms with Crippen LogP contribution < -0.4 is 4.74 Å². The van der Waals surface area contributed by atoms with Gasteiger partial charge < -0.3 is 14.5 Å². The topological polar surface area (TPSA) is 76.9 Å². The van der Waals surface area contributed by atoms with Gasteiger partial charge in [-0.15, -0.1) is 0 Å². The first-order valence-corrected chi connectivity index (χ1v) is 9.48. The highest BCUT2D eigenvalue weighted by Gasteiger charge is 2.24. The number of halogens is 1. The van der Waals surface area contributed by atoms with Gasteiger partial charge in [0.05, 0.1) is 18.5 Å². The van der Waals surface area contributed by atoms with Gasteiger partial charge in [-0.2, -0.15) is 5.26 Å². The number of rotatable bonds is 8. The number of ether oxygens (including phenoxy) is 1. The molecule has 1 unspecified atom stereocenters. The van der Waals surface area contributed by atoms with Crippen LogP contribution in [0, 0.1) is 23.1 Å². The van der Waals surface area contributed by atoms with E-state index in [1.165, 1.54) is 24.3 Å². The normalized spacial score (nSPS) is 15.6. The minimum atomic E-state index is -0.354. The van der Waals surface area contributed by atoms with E-state index in [0.29, 0.717) is 51.6 Å². The van der Waals surface area contributed by atoms with Crippen LogP contribution in [0.4, 0.5) is 4.39 Å². The molecule has 0 spiro atoms. The highest BCUT2D eigenvalue weighted by atomic mass is 19.1. The Labute approximate surface area is 165 Å². The Morgan fingerprint density at radius 1 is 1.25 bits per heavy atom. The Kier molecular flexibility index (Phi) is 8.20. The minimum Gasteiger partial charge on any atom is -0.484 e. The van der Waals surface area contributed by atoms with E-state index in [2.05, 4.69) is 6.07 Å². The number of piperazine rings is 1. The fraction of sp³-hybridized carbons (Fsp3) is 0.550. The third-order valence-electron chi connectivity index (χ3n) is 4.71. The molecule has 2 rings (SSSR count). The van der Waals surface area contributed by atoms with Gasteiger partial charge >= 0.3 is 0 Å². The zero-order valence-corrected chi connectivity index (χ0v) is 16.4. The molecular weight excluding hydrogens is 363 g/mol. The lowest BCUT2D eigenvalue weighted by molar-refractivity contribution is -0.136. The van der Waals surface area contributed by atoms with Crippen molar-refractivity contribution < 1.29 is 18.7 Å². The number of nitriles is 1. The zero-order chi connectivity index (χ0) is 20.5. The summed E-state index contributed by atoms with van der Waals surface area (Å²) in [6.45, 7) is 7.18. The van der Waals surface area contributed by atoms with Crippen molar-refractivity contribution in [3.05, 3.63) is 30.1 Å². The predicted octanol–water partition coefficient (Wildman–Crippen LogP) is 1.36. The summed E-state index contributed by atoms with van der Waals surface area (Å²) in [4.78, 5) is 30.1. The number of benzene rings is 1. The first-order valence-electron chi connectivity index (χ1n) is 9.48. The highest BCUT2D eigenvalue weighted by Crippen LogP contribution is 2.12. The van der Waals surface area contributed by atoms with Gasteiger partial charge in [0.15, 0.2) is 6.61 Å². The van der Waals surface area contributed by atoms with Crippen molar-refractivity contribution in [2.75, 3.05) is 52.4 Å². The summed E-state index contributed by atoms with van der Waals surface area (Å²) in [7, 11) is 0. The van der Waals surface area contributed by atoms with E-state index in [4.69, 9.17) is 10.00 Å². The number of hydrogen-bond acceptors (Lipinski definition) is 5. The SMILES string of the molecule is CCN(CC(C)C#N)C(=O)CN1CCN(C(=O)COc2ccc(F)cc2)CC1. The van der Waals surface area contributed by atoms with Crippen LogP contribution in [0.25, 0.3) is 0 Å². The molecule has 0 aliphatic carbocycles. The third kappa shape index (κ3) is 6.50. The van der Waals surface area contributed by atoms with Crippen molar-refractivity contribution in [2.45, 2.75) is 13.8 Å². The van der Waals surface area contributed by atoms with E-state index < -0.39 is 0 Å². The first-order chi connectivity index (χ1) is 13.4. The van der Waals surface area contributed by atoms with Crippen molar-refractivity contribution in [1.29, 1.82) is 5.26 Å². The van der Waals surface area contributed by atoms with E-state index in [0.717, 1.165) is 0 Å². The third-order valence-corrected chi connectivity index (χ3v) is 4.71. The fourth-order valence-corrected chi connectivity index (χ4v) is 2.99. The Morgan fingerprint density at radius 3 is 2.46 bits per heavy atom. The van der Waals surface area contributed by atoms with Crippen molar-refractivity contribution in [3.63, 3.8) is 0 Å². The number of hydrogen-bond donors (Lipinski definition) is 0. The molecule has 1 aromatic carbocycles. The summed E-state index contributed by atoms with van der Waals surface area (Å²) in [5.41, 5.74) is 0. The first kappa shape index (κ1) is 21.6. The molecule has 1 aliphatic rings. The maximum absolute atomic E-state index is 12.9. The second-order valence-electron chi connectivity index (χ2n) is 6.86. The smallest absolute Gasteiger partial charge is 0.260 e. The van der Waals surface area contributed by atoms with Gasteiger partial charge in [-0.05, 0) is 38.1 Å². The summed E-state index contributed by atoms with van der Waals surface area (Å²) < 4.78 is 18.3. The molecule has 1 aromatic rings. The van der Waals surface area contributed by atoms with Gasteiger partial charge in [-0.25, -0.2) is 4.39 Å². The number of nitrogens with zero attached hydrogens (tertiary/aromatic N) is 4. The second kappa shape index (κ2) is 10.6. The molecule has 0 bridgehead atoms. The van der Waals surface area contributed by atoms with E-state index >= 15 is 0 Å². The molecule has 1 fully saturated rings. The van der Waals surface area contributed by atoms with Crippen LogP contribution in [0.1, 0.15) is 13.8 Å². The summed E-state index contributed by atoms with van der Waals surface area (Å²) in [5, 5.41) is 8.93. The van der Waals surface area contributed by atoms with Crippen LogP contribution in [-0.2, 0) is 9.59 Å². The van der Waals surface area contributed by atoms with Gasteiger partial charge in [0, 0.05) is 39.3 Å². The number of likely N-dealkylation sites (N-methyl/N-ethyl adjacent to an activating group) is 1. The fourth-order valence-electron chi connectivity index (χ4n) is 2.99. The zero-order valence-electron chi connectivity index (χ0n) is 16.4. The molecular formula is C20H27FN4O3. The monoisotopic (exact) mass is 390 g/mol. The Bertz CT molecular complexity index is 696. The van der Waals surface area contributed by atoms with Crippen LogP contribution >= 0.6 is 0 Å². The lowest BCUT2D eigenvalue weighted by Crippen LogP contribution is -2.52. The van der Waals surface area contributed by atoms with Gasteiger partial charge in [-0.1, -0.05) is 0 Å². The number of carbonyl (C=O) groups excluding carboxylic acids is 2.